The van der Waals surface area contributed by atoms with Gasteiger partial charge in [-0.1, -0.05) is 17.7 Å². The quantitative estimate of drug-likeness (QED) is 0.269. The molecule has 5 nitrogen and oxygen atoms in total. The number of hydrogen-bond acceptors (Lipinski definition) is 4. The molecular formula is C21H21ClF6N2O3S. The first-order chi connectivity index (χ1) is 15.9. The van der Waals surface area contributed by atoms with Gasteiger partial charge < -0.3 is 15.0 Å². The van der Waals surface area contributed by atoms with E-state index in [9.17, 15) is 35.9 Å². The first-order valence-corrected chi connectivity index (χ1v) is 11.5. The molecule has 3 rings (SSSR count). The third-order valence-electron chi connectivity index (χ3n) is 5.86. The largest absolute Gasteiger partial charge is 0.434 e. The van der Waals surface area contributed by atoms with Gasteiger partial charge in [-0.3, -0.25) is 4.79 Å². The molecule has 1 fully saturated rings. The van der Waals surface area contributed by atoms with Crippen LogP contribution in [0, 0.1) is 0 Å². The van der Waals surface area contributed by atoms with Crippen LogP contribution in [-0.4, -0.2) is 55.5 Å². The lowest BCUT2D eigenvalue weighted by atomic mass is 9.73. The number of halogens is 7. The van der Waals surface area contributed by atoms with E-state index in [2.05, 4.69) is 10.1 Å². The van der Waals surface area contributed by atoms with Crippen LogP contribution in [0.5, 0.6) is 0 Å². The monoisotopic (exact) mass is 530 g/mol. The molecule has 0 spiro atoms. The molecule has 0 radical (unpaired) electrons. The third-order valence-corrected chi connectivity index (χ3v) is 7.44. The molecule has 1 aliphatic rings. The fourth-order valence-electron chi connectivity index (χ4n) is 4.09. The highest BCUT2D eigenvalue weighted by atomic mass is 35.5. The van der Waals surface area contributed by atoms with Crippen molar-refractivity contribution < 1.29 is 40.7 Å². The summed E-state index contributed by atoms with van der Waals surface area (Å²) in [6.07, 6.45) is -15.0. The number of hydrogen-bond donors (Lipinski definition) is 1. The molecule has 1 aliphatic heterocycles. The van der Waals surface area contributed by atoms with Crippen molar-refractivity contribution in [1.82, 2.24) is 10.2 Å². The van der Waals surface area contributed by atoms with Crippen LogP contribution in [0.4, 0.5) is 31.1 Å². The van der Waals surface area contributed by atoms with Gasteiger partial charge >= 0.3 is 18.4 Å². The van der Waals surface area contributed by atoms with Gasteiger partial charge in [0.1, 0.15) is 0 Å². The zero-order valence-corrected chi connectivity index (χ0v) is 19.2. The van der Waals surface area contributed by atoms with Crippen molar-refractivity contribution in [3.05, 3.63) is 34.2 Å². The molecule has 1 saturated heterocycles. The number of benzene rings is 1. The van der Waals surface area contributed by atoms with Crippen molar-refractivity contribution in [3.63, 3.8) is 0 Å². The highest BCUT2D eigenvalue weighted by Crippen LogP contribution is 2.45. The maximum absolute atomic E-state index is 12.8. The minimum atomic E-state index is -5.77. The lowest BCUT2D eigenvalue weighted by Gasteiger charge is -2.41. The zero-order chi connectivity index (χ0) is 25.1. The Kier molecular flexibility index (Phi) is 7.91. The number of ether oxygens (including phenoxy) is 1. The van der Waals surface area contributed by atoms with Crippen molar-refractivity contribution >= 4 is 45.5 Å². The van der Waals surface area contributed by atoms with Crippen LogP contribution < -0.4 is 5.32 Å². The van der Waals surface area contributed by atoms with Gasteiger partial charge in [0, 0.05) is 39.6 Å². The van der Waals surface area contributed by atoms with Crippen LogP contribution in [0.3, 0.4) is 0 Å². The summed E-state index contributed by atoms with van der Waals surface area (Å²) in [7, 11) is 0. The first kappa shape index (κ1) is 26.4. The summed E-state index contributed by atoms with van der Waals surface area (Å²) in [4.78, 5) is 24.6. The van der Waals surface area contributed by atoms with Crippen molar-refractivity contribution in [2.45, 2.75) is 49.6 Å². The lowest BCUT2D eigenvalue weighted by molar-refractivity contribution is -0.308. The minimum Gasteiger partial charge on any atom is -0.426 e. The van der Waals surface area contributed by atoms with Crippen molar-refractivity contribution in [3.8, 4) is 0 Å². The second kappa shape index (κ2) is 10.2. The smallest absolute Gasteiger partial charge is 0.426 e. The second-order valence-corrected chi connectivity index (χ2v) is 9.60. The molecular weight excluding hydrogens is 510 g/mol. The Bertz CT molecular complexity index is 1000. The molecule has 1 aromatic heterocycles. The van der Waals surface area contributed by atoms with E-state index in [0.717, 1.165) is 19.9 Å². The second-order valence-electron chi connectivity index (χ2n) is 8.08. The van der Waals surface area contributed by atoms with E-state index in [1.807, 2.05) is 18.2 Å². The van der Waals surface area contributed by atoms with Gasteiger partial charge in [0.25, 0.3) is 6.10 Å². The summed E-state index contributed by atoms with van der Waals surface area (Å²) in [5, 5.41) is 4.09. The van der Waals surface area contributed by atoms with E-state index in [1.54, 1.807) is 6.07 Å². The Morgan fingerprint density at radius 1 is 1.18 bits per heavy atom. The number of thiophene rings is 1. The van der Waals surface area contributed by atoms with Crippen molar-refractivity contribution in [1.29, 1.82) is 0 Å². The number of likely N-dealkylation sites (tertiary alicyclic amines) is 1. The predicted octanol–water partition coefficient (Wildman–Crippen LogP) is 6.04. The number of nitrogens with zero attached hydrogens (tertiary/aromatic N) is 1. The Morgan fingerprint density at radius 3 is 2.41 bits per heavy atom. The molecule has 188 valence electrons. The van der Waals surface area contributed by atoms with Crippen molar-refractivity contribution in [2.24, 2.45) is 0 Å². The van der Waals surface area contributed by atoms with E-state index >= 15 is 0 Å². The number of fused-ring (bicyclic) bond motifs is 1. The van der Waals surface area contributed by atoms with Gasteiger partial charge in [0.05, 0.1) is 0 Å². The average molecular weight is 531 g/mol. The Hall–Kier alpha value is -2.21. The molecule has 13 heteroatoms. The normalized spacial score (nSPS) is 16.6. The summed E-state index contributed by atoms with van der Waals surface area (Å²) in [5.41, 5.74) is -0.467. The van der Waals surface area contributed by atoms with Gasteiger partial charge in [0.15, 0.2) is 0 Å². The number of carbonyl (C=O) groups is 2. The first-order valence-electron chi connectivity index (χ1n) is 10.3. The summed E-state index contributed by atoms with van der Waals surface area (Å²) < 4.78 is 81.4. The number of nitrogens with one attached hydrogen (secondary N) is 1. The van der Waals surface area contributed by atoms with Crippen LogP contribution in [0.2, 0.25) is 5.02 Å². The molecule has 1 aromatic carbocycles. The van der Waals surface area contributed by atoms with Crippen LogP contribution in [0.25, 0.3) is 10.1 Å². The fourth-order valence-corrected chi connectivity index (χ4v) is 5.70. The van der Waals surface area contributed by atoms with Gasteiger partial charge in [-0.2, -0.15) is 26.3 Å². The van der Waals surface area contributed by atoms with E-state index in [1.165, 1.54) is 11.3 Å². The zero-order valence-electron chi connectivity index (χ0n) is 17.6. The molecule has 2 amide bonds. The molecule has 2 heterocycles. The van der Waals surface area contributed by atoms with E-state index in [4.69, 9.17) is 11.6 Å². The number of alkyl halides is 6. The molecule has 1 N–H and O–H groups in total. The molecule has 0 aliphatic carbocycles. The fraction of sp³-hybridized carbons (Fsp3) is 0.524. The highest BCUT2D eigenvalue weighted by molar-refractivity contribution is 7.19. The molecule has 2 aromatic rings. The SMILES string of the molecule is O=CNCCCC1(c2cc3ccc(Cl)cc3s2)CCN(C(=O)OC(C(F)(F)F)C(F)(F)F)CC1. The standard InChI is InChI=1S/C21H21ClF6N2O3S/c22-14-3-2-13-10-16(34-15(13)11-14)19(4-1-7-29-12-31)5-8-30(9-6-19)18(32)33-17(20(23,24)25)21(26,27)28/h2-3,10-12,17H,1,4-9H2,(H,29,31). The number of piperidine rings is 1. The van der Waals surface area contributed by atoms with Crippen LogP contribution in [0.1, 0.15) is 30.6 Å². The van der Waals surface area contributed by atoms with Crippen molar-refractivity contribution in [2.75, 3.05) is 19.6 Å². The lowest BCUT2D eigenvalue weighted by Crippen LogP contribution is -2.51. The van der Waals surface area contributed by atoms with Crippen LogP contribution >= 0.6 is 22.9 Å². The van der Waals surface area contributed by atoms with Gasteiger partial charge in [-0.05, 0) is 49.3 Å². The summed E-state index contributed by atoms with van der Waals surface area (Å²) in [6.45, 7) is 0.265. The number of amides is 2. The number of carbonyl (C=O) groups excluding carboxylic acids is 2. The molecule has 0 atom stereocenters. The third kappa shape index (κ3) is 6.07. The van der Waals surface area contributed by atoms with E-state index in [-0.39, 0.29) is 13.1 Å². The summed E-state index contributed by atoms with van der Waals surface area (Å²) in [6, 6.07) is 7.41. The van der Waals surface area contributed by atoms with Crippen LogP contribution in [-0.2, 0) is 14.9 Å². The minimum absolute atomic E-state index is 0.0720. The van der Waals surface area contributed by atoms with E-state index < -0.39 is 30.0 Å². The van der Waals surface area contributed by atoms with E-state index in [0.29, 0.717) is 43.7 Å². The van der Waals surface area contributed by atoms with Gasteiger partial charge in [0.2, 0.25) is 6.41 Å². The van der Waals surface area contributed by atoms with Crippen LogP contribution in [0.15, 0.2) is 24.3 Å². The topological polar surface area (TPSA) is 58.6 Å². The van der Waals surface area contributed by atoms with Gasteiger partial charge in [-0.15, -0.1) is 11.3 Å². The average Bonchev–Trinajstić information content (AvgIpc) is 3.17. The highest BCUT2D eigenvalue weighted by Gasteiger charge is 2.60. The Labute approximate surface area is 200 Å². The molecule has 0 bridgehead atoms. The maximum atomic E-state index is 12.8. The summed E-state index contributed by atoms with van der Waals surface area (Å²) in [5.74, 6) is 0. The maximum Gasteiger partial charge on any atom is 0.434 e. The Morgan fingerprint density at radius 2 is 1.82 bits per heavy atom. The molecule has 34 heavy (non-hydrogen) atoms. The number of rotatable bonds is 7. The predicted molar refractivity (Wildman–Crippen MR) is 115 cm³/mol. The molecule has 0 saturated carbocycles. The Balaban J connectivity index is 1.78. The summed E-state index contributed by atoms with van der Waals surface area (Å²) >= 11 is 7.57. The molecule has 0 unspecified atom stereocenters. The van der Waals surface area contributed by atoms with Gasteiger partial charge in [-0.25, -0.2) is 4.79 Å².